The highest BCUT2D eigenvalue weighted by Gasteiger charge is 2.29. The minimum Gasteiger partial charge on any atom is -0.352 e. The van der Waals surface area contributed by atoms with Crippen LogP contribution < -0.4 is 5.32 Å². The lowest BCUT2D eigenvalue weighted by molar-refractivity contribution is -0.140. The van der Waals surface area contributed by atoms with Gasteiger partial charge in [0.25, 0.3) is 0 Å². The van der Waals surface area contributed by atoms with E-state index < -0.39 is 6.04 Å². The van der Waals surface area contributed by atoms with E-state index in [1.807, 2.05) is 31.2 Å². The number of hydrogen-bond donors (Lipinski definition) is 1. The van der Waals surface area contributed by atoms with Gasteiger partial charge in [-0.1, -0.05) is 71.9 Å². The Labute approximate surface area is 188 Å². The van der Waals surface area contributed by atoms with E-state index >= 15 is 0 Å². The summed E-state index contributed by atoms with van der Waals surface area (Å²) in [5.74, 6) is -0.233. The number of amides is 2. The first-order chi connectivity index (χ1) is 14.3. The van der Waals surface area contributed by atoms with Crippen molar-refractivity contribution in [1.29, 1.82) is 0 Å². The Balaban J connectivity index is 1.79. The Bertz CT molecular complexity index is 893. The summed E-state index contributed by atoms with van der Waals surface area (Å²) in [5, 5.41) is 4.13. The lowest BCUT2D eigenvalue weighted by atomic mass is 10.1. The van der Waals surface area contributed by atoms with Crippen molar-refractivity contribution in [2.75, 3.05) is 0 Å². The van der Waals surface area contributed by atoms with Crippen molar-refractivity contribution in [3.8, 4) is 0 Å². The number of nitrogens with zero attached hydrogens (tertiary/aromatic N) is 1. The van der Waals surface area contributed by atoms with Crippen molar-refractivity contribution in [1.82, 2.24) is 10.2 Å². The van der Waals surface area contributed by atoms with Gasteiger partial charge in [-0.2, -0.15) is 0 Å². The van der Waals surface area contributed by atoms with Crippen molar-refractivity contribution in [3.63, 3.8) is 0 Å². The Hall–Kier alpha value is -2.04. The minimum absolute atomic E-state index is 0.112. The minimum atomic E-state index is -0.602. The fourth-order valence-electron chi connectivity index (χ4n) is 3.79. The normalized spacial score (nSPS) is 15.1. The molecule has 2 aromatic carbocycles. The quantitative estimate of drug-likeness (QED) is 0.625. The summed E-state index contributed by atoms with van der Waals surface area (Å²) in [4.78, 5) is 27.8. The van der Waals surface area contributed by atoms with Crippen LogP contribution in [-0.4, -0.2) is 28.8 Å². The molecule has 0 saturated heterocycles. The van der Waals surface area contributed by atoms with Crippen LogP contribution in [0.25, 0.3) is 0 Å². The predicted octanol–water partition coefficient (Wildman–Crippen LogP) is 5.32. The monoisotopic (exact) mass is 446 g/mol. The number of rotatable bonds is 7. The fraction of sp³-hybridized carbons (Fsp3) is 0.417. The van der Waals surface area contributed by atoms with Crippen molar-refractivity contribution in [3.05, 3.63) is 69.2 Å². The molecular weight excluding hydrogens is 419 g/mol. The molecule has 1 saturated carbocycles. The van der Waals surface area contributed by atoms with Gasteiger partial charge in [-0.25, -0.2) is 0 Å². The third-order valence-electron chi connectivity index (χ3n) is 5.70. The zero-order valence-electron chi connectivity index (χ0n) is 17.5. The molecule has 1 atom stereocenters. The van der Waals surface area contributed by atoms with E-state index in [-0.39, 0.29) is 30.8 Å². The first-order valence-corrected chi connectivity index (χ1v) is 11.2. The summed E-state index contributed by atoms with van der Waals surface area (Å²) in [7, 11) is 0. The number of hydrogen-bond acceptors (Lipinski definition) is 2. The van der Waals surface area contributed by atoms with Crippen LogP contribution in [0.15, 0.2) is 42.5 Å². The van der Waals surface area contributed by atoms with E-state index in [4.69, 9.17) is 23.2 Å². The Morgan fingerprint density at radius 3 is 2.40 bits per heavy atom. The molecule has 1 aliphatic carbocycles. The van der Waals surface area contributed by atoms with Gasteiger partial charge >= 0.3 is 0 Å². The summed E-state index contributed by atoms with van der Waals surface area (Å²) in [5.41, 5.74) is 2.82. The molecule has 0 radical (unpaired) electrons. The van der Waals surface area contributed by atoms with Crippen LogP contribution in [0.5, 0.6) is 0 Å². The zero-order chi connectivity index (χ0) is 21.7. The molecule has 3 rings (SSSR count). The van der Waals surface area contributed by atoms with E-state index in [0.29, 0.717) is 10.0 Å². The van der Waals surface area contributed by atoms with Crippen LogP contribution in [0.4, 0.5) is 0 Å². The van der Waals surface area contributed by atoms with Crippen LogP contribution in [0, 0.1) is 6.92 Å². The Morgan fingerprint density at radius 1 is 1.10 bits per heavy atom. The second-order valence-corrected chi connectivity index (χ2v) is 8.93. The van der Waals surface area contributed by atoms with Crippen LogP contribution in [0.2, 0.25) is 10.0 Å². The fourth-order valence-corrected chi connectivity index (χ4v) is 4.26. The second kappa shape index (κ2) is 10.3. The van der Waals surface area contributed by atoms with Gasteiger partial charge in [-0.3, -0.25) is 9.59 Å². The molecule has 0 heterocycles. The molecule has 4 nitrogen and oxygen atoms in total. The Morgan fingerprint density at radius 2 is 1.77 bits per heavy atom. The molecule has 2 aromatic rings. The molecular formula is C24H28Cl2N2O2. The maximum absolute atomic E-state index is 13.2. The molecule has 6 heteroatoms. The van der Waals surface area contributed by atoms with E-state index in [0.717, 1.165) is 42.4 Å². The number of carbonyl (C=O) groups excluding carboxylic acids is 2. The second-order valence-electron chi connectivity index (χ2n) is 8.09. The van der Waals surface area contributed by atoms with Gasteiger partial charge < -0.3 is 10.2 Å². The topological polar surface area (TPSA) is 49.4 Å². The maximum atomic E-state index is 13.2. The van der Waals surface area contributed by atoms with Crippen molar-refractivity contribution < 1.29 is 9.59 Å². The molecule has 0 spiro atoms. The summed E-state index contributed by atoms with van der Waals surface area (Å²) in [6.45, 7) is 4.04. The standard InChI is InChI=1S/C24H28Cl2N2O2/c1-16-7-9-18(10-8-16)13-23(29)28(15-19-11-12-20(25)14-22(19)26)17(2)24(30)27-21-5-3-4-6-21/h7-12,14,17,21H,3-6,13,15H2,1-2H3,(H,27,30)/t17-/m1/s1. The van der Waals surface area contributed by atoms with Gasteiger partial charge in [-0.15, -0.1) is 0 Å². The molecule has 0 aliphatic heterocycles. The molecule has 0 unspecified atom stereocenters. The third-order valence-corrected chi connectivity index (χ3v) is 6.29. The van der Waals surface area contributed by atoms with E-state index in [1.165, 1.54) is 0 Å². The SMILES string of the molecule is Cc1ccc(CC(=O)N(Cc2ccc(Cl)cc2Cl)[C@H](C)C(=O)NC2CCCC2)cc1. The predicted molar refractivity (Wildman–Crippen MR) is 122 cm³/mol. The number of aryl methyl sites for hydroxylation is 1. The number of carbonyl (C=O) groups is 2. The highest BCUT2D eigenvalue weighted by Crippen LogP contribution is 2.24. The average molecular weight is 447 g/mol. The smallest absolute Gasteiger partial charge is 0.242 e. The first kappa shape index (κ1) is 22.6. The molecule has 30 heavy (non-hydrogen) atoms. The van der Waals surface area contributed by atoms with Gasteiger partial charge in [-0.05, 0) is 49.9 Å². The van der Waals surface area contributed by atoms with Gasteiger partial charge in [0.1, 0.15) is 6.04 Å². The number of benzene rings is 2. The molecule has 1 aliphatic rings. The molecule has 1 fully saturated rings. The largest absolute Gasteiger partial charge is 0.352 e. The molecule has 0 aromatic heterocycles. The van der Waals surface area contributed by atoms with Gasteiger partial charge in [0, 0.05) is 22.6 Å². The molecule has 2 amide bonds. The van der Waals surface area contributed by atoms with Crippen LogP contribution >= 0.6 is 23.2 Å². The first-order valence-electron chi connectivity index (χ1n) is 10.4. The van der Waals surface area contributed by atoms with Gasteiger partial charge in [0.15, 0.2) is 0 Å². The highest BCUT2D eigenvalue weighted by atomic mass is 35.5. The number of nitrogens with one attached hydrogen (secondary N) is 1. The van der Waals surface area contributed by atoms with Gasteiger partial charge in [0.2, 0.25) is 11.8 Å². The van der Waals surface area contributed by atoms with Crippen molar-refractivity contribution >= 4 is 35.0 Å². The zero-order valence-corrected chi connectivity index (χ0v) is 19.0. The van der Waals surface area contributed by atoms with Crippen molar-refractivity contribution in [2.45, 2.75) is 64.6 Å². The molecule has 0 bridgehead atoms. The van der Waals surface area contributed by atoms with E-state index in [1.54, 1.807) is 30.0 Å². The summed E-state index contributed by atoms with van der Waals surface area (Å²) < 4.78 is 0. The summed E-state index contributed by atoms with van der Waals surface area (Å²) >= 11 is 12.4. The summed E-state index contributed by atoms with van der Waals surface area (Å²) in [6.07, 6.45) is 4.50. The number of halogens is 2. The van der Waals surface area contributed by atoms with Crippen LogP contribution in [0.3, 0.4) is 0 Å². The van der Waals surface area contributed by atoms with Crippen LogP contribution in [0.1, 0.15) is 49.3 Å². The van der Waals surface area contributed by atoms with Crippen LogP contribution in [-0.2, 0) is 22.6 Å². The average Bonchev–Trinajstić information content (AvgIpc) is 3.21. The van der Waals surface area contributed by atoms with Crippen molar-refractivity contribution in [2.24, 2.45) is 0 Å². The van der Waals surface area contributed by atoms with E-state index in [9.17, 15) is 9.59 Å². The van der Waals surface area contributed by atoms with E-state index in [2.05, 4.69) is 5.32 Å². The maximum Gasteiger partial charge on any atom is 0.242 e. The highest BCUT2D eigenvalue weighted by molar-refractivity contribution is 6.35. The lowest BCUT2D eigenvalue weighted by Gasteiger charge is -2.30. The Kier molecular flexibility index (Phi) is 7.79. The molecule has 160 valence electrons. The third kappa shape index (κ3) is 5.99. The summed E-state index contributed by atoms with van der Waals surface area (Å²) in [6, 6.07) is 12.7. The molecule has 1 N–H and O–H groups in total. The lowest BCUT2D eigenvalue weighted by Crippen LogP contribution is -2.50. The van der Waals surface area contributed by atoms with Gasteiger partial charge in [0.05, 0.1) is 6.42 Å².